The van der Waals surface area contributed by atoms with Gasteiger partial charge in [-0.3, -0.25) is 4.79 Å². The monoisotopic (exact) mass is 367 g/mol. The van der Waals surface area contributed by atoms with Crippen LogP contribution in [-0.2, 0) is 6.54 Å². The zero-order valence-electron chi connectivity index (χ0n) is 15.4. The second-order valence-corrected chi connectivity index (χ2v) is 6.02. The highest BCUT2D eigenvalue weighted by Gasteiger charge is 2.17. The lowest BCUT2D eigenvalue weighted by molar-refractivity contribution is 0.103. The first-order chi connectivity index (χ1) is 13.0. The molecule has 0 bridgehead atoms. The zero-order chi connectivity index (χ0) is 19.4. The first kappa shape index (κ1) is 18.4. The summed E-state index contributed by atoms with van der Waals surface area (Å²) in [5.74, 6) is 1.30. The van der Waals surface area contributed by atoms with E-state index >= 15 is 0 Å². The maximum absolute atomic E-state index is 12.6. The van der Waals surface area contributed by atoms with Gasteiger partial charge < -0.3 is 19.6 Å². The Balaban J connectivity index is 1.93. The molecule has 2 N–H and O–H groups in total. The maximum Gasteiger partial charge on any atom is 0.247 e. The Morgan fingerprint density at radius 2 is 2.04 bits per heavy atom. The van der Waals surface area contributed by atoms with Gasteiger partial charge in [0.05, 0.1) is 12.9 Å². The van der Waals surface area contributed by atoms with Crippen molar-refractivity contribution >= 4 is 22.8 Å². The van der Waals surface area contributed by atoms with Crippen molar-refractivity contribution in [1.29, 1.82) is 0 Å². The number of aliphatic hydroxyl groups is 1. The number of methoxy groups -OCH3 is 1. The van der Waals surface area contributed by atoms with E-state index in [4.69, 9.17) is 9.15 Å². The SMILES string of the molecule is CCC(O)=CC(=O)c1nc2cc(C)oc2nc1NCc1ccc(OC)cc1. The number of fused-ring (bicyclic) bond motifs is 1. The van der Waals surface area contributed by atoms with Gasteiger partial charge in [0.25, 0.3) is 0 Å². The van der Waals surface area contributed by atoms with Crippen LogP contribution in [0.2, 0.25) is 0 Å². The molecule has 0 aliphatic carbocycles. The van der Waals surface area contributed by atoms with Gasteiger partial charge in [-0.2, -0.15) is 4.98 Å². The Kier molecular flexibility index (Phi) is 5.40. The number of allylic oxidation sites excluding steroid dienone is 2. The number of nitrogens with one attached hydrogen (secondary N) is 1. The number of nitrogens with zero attached hydrogens (tertiary/aromatic N) is 2. The summed E-state index contributed by atoms with van der Waals surface area (Å²) in [6.07, 6.45) is 1.53. The average Bonchev–Trinajstić information content (AvgIpc) is 3.04. The molecule has 0 atom stereocenters. The molecule has 140 valence electrons. The van der Waals surface area contributed by atoms with Gasteiger partial charge in [-0.05, 0) is 24.6 Å². The van der Waals surface area contributed by atoms with Gasteiger partial charge in [0.1, 0.15) is 17.0 Å². The lowest BCUT2D eigenvalue weighted by Gasteiger charge is -2.09. The molecule has 0 amide bonds. The van der Waals surface area contributed by atoms with Crippen molar-refractivity contribution in [2.24, 2.45) is 0 Å². The van der Waals surface area contributed by atoms with Crippen molar-refractivity contribution in [3.8, 4) is 5.75 Å². The van der Waals surface area contributed by atoms with Gasteiger partial charge in [-0.25, -0.2) is 4.98 Å². The number of ketones is 1. The van der Waals surface area contributed by atoms with Gasteiger partial charge in [-0.1, -0.05) is 19.1 Å². The molecule has 0 fully saturated rings. The number of benzene rings is 1. The molecule has 27 heavy (non-hydrogen) atoms. The molecule has 7 heteroatoms. The van der Waals surface area contributed by atoms with Crippen LogP contribution in [0.4, 0.5) is 5.82 Å². The number of hydrogen-bond donors (Lipinski definition) is 2. The van der Waals surface area contributed by atoms with Crippen molar-refractivity contribution in [1.82, 2.24) is 9.97 Å². The first-order valence-corrected chi connectivity index (χ1v) is 8.59. The van der Waals surface area contributed by atoms with Gasteiger partial charge in [-0.15, -0.1) is 0 Å². The summed E-state index contributed by atoms with van der Waals surface area (Å²) in [6, 6.07) is 9.26. The number of ether oxygens (including phenoxy) is 1. The van der Waals surface area contributed by atoms with Gasteiger partial charge in [0.2, 0.25) is 11.5 Å². The van der Waals surface area contributed by atoms with Crippen LogP contribution in [0.15, 0.2) is 46.6 Å². The number of rotatable bonds is 7. The minimum Gasteiger partial charge on any atom is -0.512 e. The van der Waals surface area contributed by atoms with Crippen molar-refractivity contribution < 1.29 is 19.1 Å². The fourth-order valence-electron chi connectivity index (χ4n) is 2.52. The topological polar surface area (TPSA) is 97.5 Å². The van der Waals surface area contributed by atoms with Crippen LogP contribution in [0, 0.1) is 6.92 Å². The largest absolute Gasteiger partial charge is 0.512 e. The van der Waals surface area contributed by atoms with Crippen molar-refractivity contribution in [3.05, 3.63) is 59.2 Å². The first-order valence-electron chi connectivity index (χ1n) is 8.59. The summed E-state index contributed by atoms with van der Waals surface area (Å²) < 4.78 is 10.7. The maximum atomic E-state index is 12.6. The lowest BCUT2D eigenvalue weighted by Crippen LogP contribution is -2.10. The van der Waals surface area contributed by atoms with Crippen LogP contribution in [0.3, 0.4) is 0 Å². The lowest BCUT2D eigenvalue weighted by atomic mass is 10.2. The predicted molar refractivity (Wildman–Crippen MR) is 102 cm³/mol. The van der Waals surface area contributed by atoms with Crippen molar-refractivity contribution in [3.63, 3.8) is 0 Å². The van der Waals surface area contributed by atoms with E-state index in [9.17, 15) is 9.90 Å². The van der Waals surface area contributed by atoms with E-state index < -0.39 is 5.78 Å². The molecule has 0 radical (unpaired) electrons. The normalized spacial score (nSPS) is 11.6. The molecule has 0 aliphatic rings. The van der Waals surface area contributed by atoms with E-state index in [-0.39, 0.29) is 11.5 Å². The third-order valence-electron chi connectivity index (χ3n) is 4.00. The number of carbonyl (C=O) groups excluding carboxylic acids is 1. The highest BCUT2D eigenvalue weighted by Crippen LogP contribution is 2.22. The molecule has 2 aromatic heterocycles. The van der Waals surface area contributed by atoms with Crippen LogP contribution < -0.4 is 10.1 Å². The molecule has 2 heterocycles. The Bertz CT molecular complexity index is 990. The quantitative estimate of drug-likeness (QED) is 0.367. The average molecular weight is 367 g/mol. The van der Waals surface area contributed by atoms with Crippen LogP contribution >= 0.6 is 0 Å². The molecule has 0 saturated carbocycles. The summed E-state index contributed by atoms with van der Waals surface area (Å²) >= 11 is 0. The molecule has 7 nitrogen and oxygen atoms in total. The van der Waals surface area contributed by atoms with Crippen molar-refractivity contribution in [2.45, 2.75) is 26.8 Å². The van der Waals surface area contributed by atoms with E-state index in [1.807, 2.05) is 24.3 Å². The summed E-state index contributed by atoms with van der Waals surface area (Å²) in [4.78, 5) is 21.3. The van der Waals surface area contributed by atoms with E-state index in [0.29, 0.717) is 35.8 Å². The standard InChI is InChI=1S/C20H21N3O4/c1-4-14(24)10-17(25)18-19(23-20-16(22-18)9-12(2)27-20)21-11-13-5-7-15(26-3)8-6-13/h5-10,24H,4,11H2,1-3H3,(H,21,23). The molecular formula is C20H21N3O4. The molecular weight excluding hydrogens is 346 g/mol. The fraction of sp³-hybridized carbons (Fsp3) is 0.250. The summed E-state index contributed by atoms with van der Waals surface area (Å²) in [6.45, 7) is 3.99. The van der Waals surface area contributed by atoms with Gasteiger partial charge in [0, 0.05) is 25.1 Å². The Morgan fingerprint density at radius 1 is 1.30 bits per heavy atom. The molecule has 3 aromatic rings. The number of hydrogen-bond acceptors (Lipinski definition) is 7. The van der Waals surface area contributed by atoms with Crippen LogP contribution in [0.1, 0.15) is 35.2 Å². The third kappa shape index (κ3) is 4.25. The Labute approximate surface area is 156 Å². The molecule has 0 saturated heterocycles. The number of aliphatic hydroxyl groups excluding tert-OH is 1. The Morgan fingerprint density at radius 3 is 2.70 bits per heavy atom. The second kappa shape index (κ2) is 7.90. The second-order valence-electron chi connectivity index (χ2n) is 6.02. The molecule has 0 unspecified atom stereocenters. The minimum atomic E-state index is -0.417. The number of aryl methyl sites for hydroxylation is 1. The number of aromatic nitrogens is 2. The smallest absolute Gasteiger partial charge is 0.247 e. The molecule has 0 aliphatic heterocycles. The van der Waals surface area contributed by atoms with Crippen LogP contribution in [0.25, 0.3) is 11.2 Å². The van der Waals surface area contributed by atoms with E-state index in [2.05, 4.69) is 15.3 Å². The van der Waals surface area contributed by atoms with Gasteiger partial charge in [0.15, 0.2) is 11.5 Å². The van der Waals surface area contributed by atoms with E-state index in [0.717, 1.165) is 11.3 Å². The van der Waals surface area contributed by atoms with Crippen molar-refractivity contribution in [2.75, 3.05) is 12.4 Å². The summed E-state index contributed by atoms with van der Waals surface area (Å²) in [5.41, 5.74) is 1.97. The highest BCUT2D eigenvalue weighted by molar-refractivity contribution is 6.07. The highest BCUT2D eigenvalue weighted by atomic mass is 16.5. The number of furan rings is 1. The minimum absolute atomic E-state index is 0.00799. The number of carbonyl (C=O) groups is 1. The van der Waals surface area contributed by atoms with Crippen LogP contribution in [-0.4, -0.2) is 28.0 Å². The predicted octanol–water partition coefficient (Wildman–Crippen LogP) is 4.19. The van der Waals surface area contributed by atoms with E-state index in [1.54, 1.807) is 27.0 Å². The van der Waals surface area contributed by atoms with Gasteiger partial charge >= 0.3 is 0 Å². The summed E-state index contributed by atoms with van der Waals surface area (Å²) in [5, 5.41) is 12.8. The van der Waals surface area contributed by atoms with Crippen LogP contribution in [0.5, 0.6) is 5.75 Å². The number of anilines is 1. The third-order valence-corrected chi connectivity index (χ3v) is 4.00. The molecule has 3 rings (SSSR count). The fourth-order valence-corrected chi connectivity index (χ4v) is 2.52. The Hall–Kier alpha value is -3.35. The van der Waals surface area contributed by atoms with E-state index in [1.165, 1.54) is 6.08 Å². The molecule has 1 aromatic carbocycles. The molecule has 0 spiro atoms. The summed E-state index contributed by atoms with van der Waals surface area (Å²) in [7, 11) is 1.61. The zero-order valence-corrected chi connectivity index (χ0v) is 15.4.